The highest BCUT2D eigenvalue weighted by atomic mass is 32.2. The van der Waals surface area contributed by atoms with Gasteiger partial charge in [0.15, 0.2) is 11.0 Å². The molecule has 140 valence electrons. The smallest absolute Gasteiger partial charge is 0.278 e. The molecular weight excluding hydrogens is 379 g/mol. The van der Waals surface area contributed by atoms with Crippen molar-refractivity contribution in [3.05, 3.63) is 77.4 Å². The Morgan fingerprint density at radius 2 is 1.86 bits per heavy atom. The second kappa shape index (κ2) is 7.73. The zero-order valence-corrected chi connectivity index (χ0v) is 15.5. The maximum Gasteiger partial charge on any atom is 0.278 e. The first kappa shape index (κ1) is 18.1. The minimum Gasteiger partial charge on any atom is -0.298 e. The normalized spacial score (nSPS) is 11.0. The molecule has 0 aliphatic carbocycles. The molecule has 4 rings (SSSR count). The molecule has 0 aliphatic rings. The van der Waals surface area contributed by atoms with Gasteiger partial charge in [0.05, 0.1) is 16.8 Å². The van der Waals surface area contributed by atoms with Crippen LogP contribution >= 0.6 is 11.8 Å². The van der Waals surface area contributed by atoms with Crippen molar-refractivity contribution < 1.29 is 4.39 Å². The van der Waals surface area contributed by atoms with Crippen molar-refractivity contribution in [2.24, 2.45) is 0 Å². The topological polar surface area (TPSA) is 78.5 Å². The van der Waals surface area contributed by atoms with E-state index in [9.17, 15) is 9.18 Å². The Balaban J connectivity index is 1.66. The van der Waals surface area contributed by atoms with E-state index in [2.05, 4.69) is 27.1 Å². The van der Waals surface area contributed by atoms with Gasteiger partial charge in [0.2, 0.25) is 0 Å². The third-order valence-corrected chi connectivity index (χ3v) is 5.02. The van der Waals surface area contributed by atoms with Crippen molar-refractivity contribution >= 4 is 22.7 Å². The van der Waals surface area contributed by atoms with Crippen LogP contribution in [0.2, 0.25) is 0 Å². The zero-order chi connectivity index (χ0) is 19.5. The Hall–Kier alpha value is -3.33. The van der Waals surface area contributed by atoms with E-state index in [4.69, 9.17) is 0 Å². The molecule has 2 heterocycles. The summed E-state index contributed by atoms with van der Waals surface area (Å²) in [5.41, 5.74) is 0.666. The van der Waals surface area contributed by atoms with Gasteiger partial charge in [0.1, 0.15) is 11.3 Å². The fourth-order valence-electron chi connectivity index (χ4n) is 2.76. The van der Waals surface area contributed by atoms with Gasteiger partial charge in [-0.2, -0.15) is 4.68 Å². The van der Waals surface area contributed by atoms with Gasteiger partial charge in [-0.1, -0.05) is 47.3 Å². The van der Waals surface area contributed by atoms with Crippen LogP contribution in [0.4, 0.5) is 4.39 Å². The second-order valence-corrected chi connectivity index (χ2v) is 6.78. The van der Waals surface area contributed by atoms with Gasteiger partial charge in [-0.3, -0.25) is 9.36 Å². The van der Waals surface area contributed by atoms with Crippen LogP contribution in [0.1, 0.15) is 0 Å². The Morgan fingerprint density at radius 3 is 2.68 bits per heavy atom. The Kier molecular flexibility index (Phi) is 4.98. The molecule has 0 spiro atoms. The van der Waals surface area contributed by atoms with Crippen LogP contribution in [-0.2, 0) is 12.4 Å². The van der Waals surface area contributed by atoms with E-state index in [1.807, 2.05) is 0 Å². The number of fused-ring (bicyclic) bond motifs is 1. The molecule has 0 saturated heterocycles. The molecule has 2 aromatic carbocycles. The number of nitrogens with zero attached hydrogens (tertiary/aromatic N) is 6. The number of hydrogen-bond acceptors (Lipinski definition) is 6. The molecule has 0 radical (unpaired) electrons. The second-order valence-electron chi connectivity index (χ2n) is 5.87. The lowest BCUT2D eigenvalue weighted by Gasteiger charge is -2.09. The first-order chi connectivity index (χ1) is 13.7. The van der Waals surface area contributed by atoms with Crippen molar-refractivity contribution in [1.82, 2.24) is 29.8 Å². The summed E-state index contributed by atoms with van der Waals surface area (Å²) in [6.07, 6.45) is 1.68. The molecule has 0 amide bonds. The highest BCUT2D eigenvalue weighted by Gasteiger charge is 2.17. The van der Waals surface area contributed by atoms with Crippen LogP contribution in [0.3, 0.4) is 0 Å². The average molecular weight is 394 g/mol. The molecule has 0 saturated carbocycles. The SMILES string of the molecule is C=CCn1c(SCn2nnc3ccccc3c2=O)nnc1-c1ccccc1F. The Labute approximate surface area is 163 Å². The van der Waals surface area contributed by atoms with Crippen LogP contribution in [-0.4, -0.2) is 29.8 Å². The standard InChI is InChI=1S/C19H15FN6OS/c1-2-11-25-17(13-7-3-5-9-15(13)20)22-23-19(25)28-12-26-18(27)14-8-4-6-10-16(14)21-24-26/h2-10H,1,11-12H2. The molecule has 7 nitrogen and oxygen atoms in total. The maximum absolute atomic E-state index is 14.2. The first-order valence-corrected chi connectivity index (χ1v) is 9.42. The fraction of sp³-hybridized carbons (Fsp3) is 0.105. The summed E-state index contributed by atoms with van der Waals surface area (Å²) in [4.78, 5) is 12.6. The molecule has 0 unspecified atom stereocenters. The molecule has 28 heavy (non-hydrogen) atoms. The van der Waals surface area contributed by atoms with Gasteiger partial charge < -0.3 is 0 Å². The van der Waals surface area contributed by atoms with Gasteiger partial charge >= 0.3 is 0 Å². The van der Waals surface area contributed by atoms with E-state index >= 15 is 0 Å². The van der Waals surface area contributed by atoms with Gasteiger partial charge in [-0.05, 0) is 24.3 Å². The van der Waals surface area contributed by atoms with Gasteiger partial charge in [0, 0.05) is 6.54 Å². The third-order valence-electron chi connectivity index (χ3n) is 4.09. The molecule has 0 atom stereocenters. The number of thioether (sulfide) groups is 1. The fourth-order valence-corrected chi connectivity index (χ4v) is 3.58. The van der Waals surface area contributed by atoms with Crippen molar-refractivity contribution in [1.29, 1.82) is 0 Å². The summed E-state index contributed by atoms with van der Waals surface area (Å²) in [5.74, 6) is 0.217. The predicted molar refractivity (Wildman–Crippen MR) is 105 cm³/mol. The van der Waals surface area contributed by atoms with Gasteiger partial charge in [-0.15, -0.1) is 21.9 Å². The summed E-state index contributed by atoms with van der Waals surface area (Å²) >= 11 is 1.26. The van der Waals surface area contributed by atoms with Gasteiger partial charge in [0.25, 0.3) is 5.56 Å². The number of halogens is 1. The highest BCUT2D eigenvalue weighted by Crippen LogP contribution is 2.26. The van der Waals surface area contributed by atoms with Crippen LogP contribution in [0.25, 0.3) is 22.3 Å². The minimum atomic E-state index is -0.381. The van der Waals surface area contributed by atoms with Crippen LogP contribution in [0, 0.1) is 5.82 Å². The number of benzene rings is 2. The Morgan fingerprint density at radius 1 is 1.07 bits per heavy atom. The molecule has 0 bridgehead atoms. The number of allylic oxidation sites excluding steroid dienone is 1. The summed E-state index contributed by atoms with van der Waals surface area (Å²) in [6, 6.07) is 13.4. The molecule has 2 aromatic heterocycles. The van der Waals surface area contributed by atoms with Crippen molar-refractivity contribution in [2.75, 3.05) is 0 Å². The van der Waals surface area contributed by atoms with E-state index in [1.54, 1.807) is 53.1 Å². The van der Waals surface area contributed by atoms with Crippen LogP contribution < -0.4 is 5.56 Å². The van der Waals surface area contributed by atoms with E-state index in [0.717, 1.165) is 0 Å². The molecule has 0 aliphatic heterocycles. The first-order valence-electron chi connectivity index (χ1n) is 8.43. The number of hydrogen-bond donors (Lipinski definition) is 0. The summed E-state index contributed by atoms with van der Waals surface area (Å²) in [5, 5.41) is 17.4. The molecule has 0 N–H and O–H groups in total. The maximum atomic E-state index is 14.2. The van der Waals surface area contributed by atoms with E-state index < -0.39 is 0 Å². The predicted octanol–water partition coefficient (Wildman–Crippen LogP) is 3.12. The molecular formula is C19H15FN6OS. The van der Waals surface area contributed by atoms with Crippen molar-refractivity contribution in [2.45, 2.75) is 17.6 Å². The lowest BCUT2D eigenvalue weighted by atomic mass is 10.2. The van der Waals surface area contributed by atoms with Crippen molar-refractivity contribution in [3.63, 3.8) is 0 Å². The van der Waals surface area contributed by atoms with Crippen LogP contribution in [0.15, 0.2) is 71.1 Å². The van der Waals surface area contributed by atoms with Crippen molar-refractivity contribution in [3.8, 4) is 11.4 Å². The molecule has 4 aromatic rings. The summed E-state index contributed by atoms with van der Waals surface area (Å²) in [6.45, 7) is 4.14. The third kappa shape index (κ3) is 3.31. The van der Waals surface area contributed by atoms with Crippen LogP contribution in [0.5, 0.6) is 0 Å². The number of aromatic nitrogens is 6. The van der Waals surface area contributed by atoms with E-state index in [0.29, 0.717) is 34.0 Å². The lowest BCUT2D eigenvalue weighted by molar-refractivity contribution is 0.626. The lowest BCUT2D eigenvalue weighted by Crippen LogP contribution is -2.23. The van der Waals surface area contributed by atoms with E-state index in [-0.39, 0.29) is 17.3 Å². The highest BCUT2D eigenvalue weighted by molar-refractivity contribution is 7.98. The summed E-state index contributed by atoms with van der Waals surface area (Å²) in [7, 11) is 0. The quantitative estimate of drug-likeness (QED) is 0.369. The van der Waals surface area contributed by atoms with Gasteiger partial charge in [-0.25, -0.2) is 4.39 Å². The molecule has 9 heteroatoms. The average Bonchev–Trinajstić information content (AvgIpc) is 3.11. The monoisotopic (exact) mass is 394 g/mol. The molecule has 0 fully saturated rings. The largest absolute Gasteiger partial charge is 0.298 e. The zero-order valence-electron chi connectivity index (χ0n) is 14.7. The number of rotatable bonds is 6. The Bertz CT molecular complexity index is 1220. The minimum absolute atomic E-state index is 0.198. The summed E-state index contributed by atoms with van der Waals surface area (Å²) < 4.78 is 17.2. The van der Waals surface area contributed by atoms with E-state index in [1.165, 1.54) is 22.5 Å².